The summed E-state index contributed by atoms with van der Waals surface area (Å²) in [6, 6.07) is 5.70. The molecule has 23 heavy (non-hydrogen) atoms. The summed E-state index contributed by atoms with van der Waals surface area (Å²) >= 11 is 0. The molecule has 0 N–H and O–H groups in total. The molecule has 0 heterocycles. The molecule has 1 aliphatic rings. The minimum absolute atomic E-state index is 0.0342. The highest BCUT2D eigenvalue weighted by atomic mass is 32.2. The largest absolute Gasteiger partial charge is 0.459 e. The number of nitrogens with zero attached hydrogens (tertiary/aromatic N) is 1. The molecule has 1 saturated carbocycles. The average Bonchev–Trinajstić information content (AvgIpc) is 2.82. The summed E-state index contributed by atoms with van der Waals surface area (Å²) < 4.78 is 30.5. The van der Waals surface area contributed by atoms with Crippen molar-refractivity contribution < 1.29 is 22.8 Å². The third-order valence-electron chi connectivity index (χ3n) is 4.06. The maximum atomic E-state index is 12.2. The Morgan fingerprint density at radius 3 is 2.17 bits per heavy atom. The van der Waals surface area contributed by atoms with Gasteiger partial charge in [0.15, 0.2) is 0 Å². The molecule has 0 amide bonds. The Hall–Kier alpha value is -1.44. The van der Waals surface area contributed by atoms with Gasteiger partial charge in [0.1, 0.15) is 6.10 Å². The van der Waals surface area contributed by atoms with Crippen molar-refractivity contribution >= 4 is 16.0 Å². The highest BCUT2D eigenvalue weighted by Gasteiger charge is 2.22. The van der Waals surface area contributed by atoms with Gasteiger partial charge in [-0.15, -0.1) is 0 Å². The van der Waals surface area contributed by atoms with Crippen molar-refractivity contribution in [3.05, 3.63) is 29.8 Å². The van der Waals surface area contributed by atoms with Crippen LogP contribution in [0.4, 0.5) is 0 Å². The third-order valence-corrected chi connectivity index (χ3v) is 5.75. The number of hydrogen-bond acceptors (Lipinski definition) is 5. The van der Waals surface area contributed by atoms with Gasteiger partial charge in [0.05, 0.1) is 17.6 Å². The fourth-order valence-electron chi connectivity index (χ4n) is 2.59. The lowest BCUT2D eigenvalue weighted by molar-refractivity contribution is -0.0258. The number of sulfonamides is 1. The Labute approximate surface area is 137 Å². The highest BCUT2D eigenvalue weighted by molar-refractivity contribution is 7.89. The van der Waals surface area contributed by atoms with Crippen molar-refractivity contribution in [3.63, 3.8) is 0 Å². The number of hydroxylamine groups is 1. The molecule has 0 unspecified atom stereocenters. The third kappa shape index (κ3) is 4.53. The molecule has 0 spiro atoms. The van der Waals surface area contributed by atoms with Crippen molar-refractivity contribution in [1.29, 1.82) is 0 Å². The molecule has 0 aromatic heterocycles. The minimum atomic E-state index is -3.70. The molecule has 0 radical (unpaired) electrons. The topological polar surface area (TPSA) is 72.9 Å². The van der Waals surface area contributed by atoms with E-state index in [9.17, 15) is 13.2 Å². The smallest absolute Gasteiger partial charge is 0.338 e. The second-order valence-electron chi connectivity index (χ2n) is 5.64. The number of benzene rings is 1. The van der Waals surface area contributed by atoms with Crippen LogP contribution < -0.4 is 0 Å². The van der Waals surface area contributed by atoms with Crippen LogP contribution in [0, 0.1) is 0 Å². The van der Waals surface area contributed by atoms with Crippen molar-refractivity contribution in [2.75, 3.05) is 14.2 Å². The van der Waals surface area contributed by atoms with Gasteiger partial charge in [-0.05, 0) is 49.9 Å². The molecule has 1 aliphatic carbocycles. The van der Waals surface area contributed by atoms with E-state index in [1.807, 2.05) is 0 Å². The molecule has 6 nitrogen and oxygen atoms in total. The van der Waals surface area contributed by atoms with E-state index in [-0.39, 0.29) is 11.0 Å². The van der Waals surface area contributed by atoms with Crippen LogP contribution in [0.25, 0.3) is 0 Å². The summed E-state index contributed by atoms with van der Waals surface area (Å²) in [5.41, 5.74) is 0.355. The van der Waals surface area contributed by atoms with Crippen LogP contribution in [0.5, 0.6) is 0 Å². The van der Waals surface area contributed by atoms with Crippen LogP contribution in [-0.2, 0) is 19.6 Å². The van der Waals surface area contributed by atoms with Crippen LogP contribution in [0.2, 0.25) is 0 Å². The summed E-state index contributed by atoms with van der Waals surface area (Å²) in [4.78, 5) is 16.9. The van der Waals surface area contributed by atoms with E-state index in [4.69, 9.17) is 9.57 Å². The van der Waals surface area contributed by atoms with E-state index in [2.05, 4.69) is 0 Å². The maximum Gasteiger partial charge on any atom is 0.338 e. The first-order valence-corrected chi connectivity index (χ1v) is 9.23. The first-order chi connectivity index (χ1) is 10.9. The van der Waals surface area contributed by atoms with E-state index in [0.717, 1.165) is 30.2 Å². The number of carbonyl (C=O) groups excluding carboxylic acids is 1. The van der Waals surface area contributed by atoms with Crippen molar-refractivity contribution in [3.8, 4) is 0 Å². The zero-order valence-electron chi connectivity index (χ0n) is 13.5. The summed E-state index contributed by atoms with van der Waals surface area (Å²) in [7, 11) is -1.12. The Bertz CT molecular complexity index is 618. The number of hydrogen-bond donors (Lipinski definition) is 0. The quantitative estimate of drug-likeness (QED) is 0.468. The SMILES string of the molecule is CON(C)S(=O)(=O)c1ccc(C(=O)OC2CCCCCC2)cc1. The molecule has 2 rings (SSSR count). The summed E-state index contributed by atoms with van der Waals surface area (Å²) in [5, 5.41) is 0. The van der Waals surface area contributed by atoms with Crippen LogP contribution in [0.15, 0.2) is 29.2 Å². The molecule has 0 saturated heterocycles. The lowest BCUT2D eigenvalue weighted by atomic mass is 10.1. The van der Waals surface area contributed by atoms with Gasteiger partial charge in [0.2, 0.25) is 0 Å². The fourth-order valence-corrected chi connectivity index (χ4v) is 3.56. The van der Waals surface area contributed by atoms with Crippen molar-refractivity contribution in [2.45, 2.75) is 49.5 Å². The van der Waals surface area contributed by atoms with E-state index < -0.39 is 16.0 Å². The molecule has 1 fully saturated rings. The Balaban J connectivity index is 2.05. The predicted molar refractivity (Wildman–Crippen MR) is 85.3 cm³/mol. The number of rotatable bonds is 5. The molecule has 1 aromatic carbocycles. The molecular formula is C16H23NO5S. The molecule has 0 atom stereocenters. The molecule has 1 aromatic rings. The zero-order valence-corrected chi connectivity index (χ0v) is 14.3. The second-order valence-corrected chi connectivity index (χ2v) is 7.58. The number of ether oxygens (including phenoxy) is 1. The lowest BCUT2D eigenvalue weighted by Gasteiger charge is -2.16. The maximum absolute atomic E-state index is 12.2. The summed E-state index contributed by atoms with van der Waals surface area (Å²) in [6.07, 6.45) is 6.30. The van der Waals surface area contributed by atoms with Crippen LogP contribution in [0.1, 0.15) is 48.9 Å². The van der Waals surface area contributed by atoms with E-state index in [1.54, 1.807) is 0 Å². The van der Waals surface area contributed by atoms with Gasteiger partial charge in [-0.25, -0.2) is 13.2 Å². The fraction of sp³-hybridized carbons (Fsp3) is 0.562. The van der Waals surface area contributed by atoms with Gasteiger partial charge >= 0.3 is 5.97 Å². The minimum Gasteiger partial charge on any atom is -0.459 e. The Morgan fingerprint density at radius 2 is 1.65 bits per heavy atom. The Morgan fingerprint density at radius 1 is 1.09 bits per heavy atom. The van der Waals surface area contributed by atoms with Crippen molar-refractivity contribution in [2.24, 2.45) is 0 Å². The first kappa shape index (κ1) is 17.9. The normalized spacial score (nSPS) is 17.0. The molecule has 128 valence electrons. The molecule has 0 bridgehead atoms. The van der Waals surface area contributed by atoms with E-state index in [0.29, 0.717) is 5.56 Å². The summed E-state index contributed by atoms with van der Waals surface area (Å²) in [5.74, 6) is -0.402. The van der Waals surface area contributed by atoms with Gasteiger partial charge in [-0.3, -0.25) is 4.84 Å². The van der Waals surface area contributed by atoms with Gasteiger partial charge in [0, 0.05) is 7.05 Å². The average molecular weight is 341 g/mol. The molecule has 0 aliphatic heterocycles. The van der Waals surface area contributed by atoms with E-state index in [1.165, 1.54) is 51.3 Å². The summed E-state index contributed by atoms with van der Waals surface area (Å²) in [6.45, 7) is 0. The number of esters is 1. The van der Waals surface area contributed by atoms with E-state index >= 15 is 0 Å². The van der Waals surface area contributed by atoms with Crippen LogP contribution >= 0.6 is 0 Å². The molecule has 7 heteroatoms. The lowest BCUT2D eigenvalue weighted by Crippen LogP contribution is -2.25. The standard InChI is InChI=1S/C16H23NO5S/c1-17(21-2)23(19,20)15-11-9-13(10-12-15)16(18)22-14-7-5-3-4-6-8-14/h9-12,14H,3-8H2,1-2H3. The predicted octanol–water partition coefficient (Wildman–Crippen LogP) is 2.75. The van der Waals surface area contributed by atoms with Gasteiger partial charge in [-0.2, -0.15) is 0 Å². The van der Waals surface area contributed by atoms with Crippen LogP contribution in [0.3, 0.4) is 0 Å². The van der Waals surface area contributed by atoms with Crippen LogP contribution in [-0.4, -0.2) is 39.1 Å². The van der Waals surface area contributed by atoms with Crippen molar-refractivity contribution in [1.82, 2.24) is 4.47 Å². The molecular weight excluding hydrogens is 318 g/mol. The monoisotopic (exact) mass is 341 g/mol. The van der Waals surface area contributed by atoms with Gasteiger partial charge < -0.3 is 4.74 Å². The van der Waals surface area contributed by atoms with Gasteiger partial charge in [-0.1, -0.05) is 17.3 Å². The second kappa shape index (κ2) is 7.90. The van der Waals surface area contributed by atoms with Gasteiger partial charge in [0.25, 0.3) is 10.0 Å². The number of carbonyl (C=O) groups is 1. The highest BCUT2D eigenvalue weighted by Crippen LogP contribution is 2.21. The zero-order chi connectivity index (χ0) is 16.9. The first-order valence-electron chi connectivity index (χ1n) is 7.79. The Kier molecular flexibility index (Phi) is 6.15.